The second-order valence-corrected chi connectivity index (χ2v) is 6.16. The zero-order valence-electron chi connectivity index (χ0n) is 10.9. The van der Waals surface area contributed by atoms with Crippen LogP contribution in [0.1, 0.15) is 58.3 Å². The van der Waals surface area contributed by atoms with Crippen LogP contribution in [-0.2, 0) is 9.59 Å². The summed E-state index contributed by atoms with van der Waals surface area (Å²) in [5.41, 5.74) is 0. The van der Waals surface area contributed by atoms with Gasteiger partial charge >= 0.3 is 0 Å². The number of carbonyl (C=O) groups is 2. The highest BCUT2D eigenvalue weighted by molar-refractivity contribution is 8.24. The van der Waals surface area contributed by atoms with Crippen molar-refractivity contribution in [2.24, 2.45) is 0 Å². The van der Waals surface area contributed by atoms with Crippen molar-refractivity contribution < 1.29 is 9.59 Å². The highest BCUT2D eigenvalue weighted by atomic mass is 32.2. The van der Waals surface area contributed by atoms with Crippen molar-refractivity contribution in [3.05, 3.63) is 0 Å². The molecular weight excluding hydrogens is 266 g/mol. The lowest BCUT2D eigenvalue weighted by molar-refractivity contribution is -0.137. The molecule has 0 aromatic heterocycles. The van der Waals surface area contributed by atoms with E-state index < -0.39 is 0 Å². The Morgan fingerprint density at radius 1 is 1.22 bits per heavy atom. The zero-order chi connectivity index (χ0) is 13.4. The predicted octanol–water partition coefficient (Wildman–Crippen LogP) is 3.51. The quantitative estimate of drug-likeness (QED) is 0.506. The summed E-state index contributed by atoms with van der Waals surface area (Å²) in [5.74, 6) is 0.0446. The number of unbranched alkanes of at least 4 members (excludes halogenated alkanes) is 6. The molecule has 0 bridgehead atoms. The number of nitrogens with zero attached hydrogens (tertiary/aromatic N) is 1. The molecule has 0 radical (unpaired) electrons. The van der Waals surface area contributed by atoms with Gasteiger partial charge in [0.1, 0.15) is 4.32 Å². The van der Waals surface area contributed by atoms with E-state index >= 15 is 0 Å². The van der Waals surface area contributed by atoms with E-state index in [1.165, 1.54) is 48.8 Å². The third-order valence-electron chi connectivity index (χ3n) is 2.99. The number of hydrogen-bond acceptors (Lipinski definition) is 4. The van der Waals surface area contributed by atoms with Gasteiger partial charge in [0.25, 0.3) is 0 Å². The minimum absolute atomic E-state index is 0.122. The molecule has 1 aliphatic rings. The Morgan fingerprint density at radius 2 is 1.83 bits per heavy atom. The summed E-state index contributed by atoms with van der Waals surface area (Å²) in [6, 6.07) is 0. The van der Waals surface area contributed by atoms with E-state index in [1.54, 1.807) is 0 Å². The molecule has 1 heterocycles. The minimum Gasteiger partial charge on any atom is -0.274 e. The number of hydrogen-bond donors (Lipinski definition) is 0. The van der Waals surface area contributed by atoms with Crippen LogP contribution in [0, 0.1) is 0 Å². The Balaban J connectivity index is 2.10. The Kier molecular flexibility index (Phi) is 7.51. The van der Waals surface area contributed by atoms with Gasteiger partial charge in [-0.15, -0.1) is 0 Å². The highest BCUT2D eigenvalue weighted by Crippen LogP contribution is 2.21. The monoisotopic (exact) mass is 287 g/mol. The summed E-state index contributed by atoms with van der Waals surface area (Å²) in [5, 5.41) is 0. The van der Waals surface area contributed by atoms with Crippen LogP contribution in [0.5, 0.6) is 0 Å². The van der Waals surface area contributed by atoms with Gasteiger partial charge in [-0.3, -0.25) is 9.59 Å². The van der Waals surface area contributed by atoms with Gasteiger partial charge in [0.05, 0.1) is 5.75 Å². The van der Waals surface area contributed by atoms with Gasteiger partial charge in [0.15, 0.2) is 0 Å². The average molecular weight is 287 g/mol. The van der Waals surface area contributed by atoms with Crippen molar-refractivity contribution in [3.8, 4) is 0 Å². The standard InChI is InChI=1S/C13H21NO2S2/c1-2-3-4-5-6-7-8-9-11(15)14-12(16)10-18-13(14)17/h2-10H2,1H3. The van der Waals surface area contributed by atoms with Crippen molar-refractivity contribution in [2.75, 3.05) is 5.75 Å². The molecule has 5 heteroatoms. The summed E-state index contributed by atoms with van der Waals surface area (Å²) < 4.78 is 0.424. The maximum Gasteiger partial charge on any atom is 0.245 e. The summed E-state index contributed by atoms with van der Waals surface area (Å²) in [6.45, 7) is 2.20. The first kappa shape index (κ1) is 15.6. The number of imide groups is 1. The molecule has 18 heavy (non-hydrogen) atoms. The minimum atomic E-state index is -0.155. The highest BCUT2D eigenvalue weighted by Gasteiger charge is 2.31. The van der Waals surface area contributed by atoms with Crippen molar-refractivity contribution >= 4 is 40.1 Å². The number of rotatable bonds is 8. The van der Waals surface area contributed by atoms with Crippen LogP contribution in [0.4, 0.5) is 0 Å². The smallest absolute Gasteiger partial charge is 0.245 e. The van der Waals surface area contributed by atoms with E-state index in [0.29, 0.717) is 16.5 Å². The van der Waals surface area contributed by atoms with E-state index in [0.717, 1.165) is 12.8 Å². The van der Waals surface area contributed by atoms with Gasteiger partial charge in [0.2, 0.25) is 11.8 Å². The van der Waals surface area contributed by atoms with Gasteiger partial charge in [-0.25, -0.2) is 4.90 Å². The van der Waals surface area contributed by atoms with Gasteiger partial charge in [-0.1, -0.05) is 69.4 Å². The molecule has 102 valence electrons. The molecule has 0 aromatic rings. The fourth-order valence-electron chi connectivity index (χ4n) is 1.94. The normalized spacial score (nSPS) is 15.5. The van der Waals surface area contributed by atoms with Crippen LogP contribution in [0.15, 0.2) is 0 Å². The summed E-state index contributed by atoms with van der Waals surface area (Å²) in [7, 11) is 0. The second kappa shape index (κ2) is 8.64. The van der Waals surface area contributed by atoms with Crippen molar-refractivity contribution in [1.29, 1.82) is 0 Å². The second-order valence-electron chi connectivity index (χ2n) is 4.55. The van der Waals surface area contributed by atoms with Crippen LogP contribution >= 0.6 is 24.0 Å². The molecule has 1 fully saturated rings. The number of thioether (sulfide) groups is 1. The first-order valence-corrected chi connectivity index (χ1v) is 8.08. The first-order chi connectivity index (χ1) is 8.66. The Bertz CT molecular complexity index is 302. The SMILES string of the molecule is CCCCCCCCCC(=O)N1C(=O)CSC1=S. The molecule has 1 aliphatic heterocycles. The Hall–Kier alpha value is -0.420. The van der Waals surface area contributed by atoms with Gasteiger partial charge < -0.3 is 0 Å². The zero-order valence-corrected chi connectivity index (χ0v) is 12.6. The number of carbonyl (C=O) groups excluding carboxylic acids is 2. The van der Waals surface area contributed by atoms with Gasteiger partial charge in [-0.05, 0) is 6.42 Å². The lowest BCUT2D eigenvalue weighted by Gasteiger charge is -2.12. The molecule has 0 unspecified atom stereocenters. The first-order valence-electron chi connectivity index (χ1n) is 6.69. The summed E-state index contributed by atoms with van der Waals surface area (Å²) in [6.07, 6.45) is 8.64. The lowest BCUT2D eigenvalue weighted by Crippen LogP contribution is -2.34. The Morgan fingerprint density at radius 3 is 2.39 bits per heavy atom. The van der Waals surface area contributed by atoms with Crippen molar-refractivity contribution in [3.63, 3.8) is 0 Å². The molecular formula is C13H21NO2S2. The molecule has 1 rings (SSSR count). The molecule has 3 nitrogen and oxygen atoms in total. The van der Waals surface area contributed by atoms with Crippen molar-refractivity contribution in [2.45, 2.75) is 58.3 Å². The molecule has 1 saturated heterocycles. The number of thiocarbonyl (C=S) groups is 1. The molecule has 0 aliphatic carbocycles. The van der Waals surface area contributed by atoms with Crippen LogP contribution in [-0.4, -0.2) is 26.8 Å². The van der Waals surface area contributed by atoms with Crippen LogP contribution in [0.25, 0.3) is 0 Å². The van der Waals surface area contributed by atoms with E-state index in [9.17, 15) is 9.59 Å². The molecule has 0 saturated carbocycles. The summed E-state index contributed by atoms with van der Waals surface area (Å²) >= 11 is 6.27. The fourth-order valence-corrected chi connectivity index (χ4v) is 3.03. The fraction of sp³-hybridized carbons (Fsp3) is 0.769. The topological polar surface area (TPSA) is 37.4 Å². The molecule has 0 atom stereocenters. The third kappa shape index (κ3) is 5.06. The lowest BCUT2D eigenvalue weighted by atomic mass is 10.1. The molecule has 2 amide bonds. The summed E-state index contributed by atoms with van der Waals surface area (Å²) in [4.78, 5) is 24.4. The average Bonchev–Trinajstić information content (AvgIpc) is 2.68. The van der Waals surface area contributed by atoms with Gasteiger partial charge in [-0.2, -0.15) is 0 Å². The third-order valence-corrected chi connectivity index (χ3v) is 4.35. The van der Waals surface area contributed by atoms with Crippen LogP contribution < -0.4 is 0 Å². The van der Waals surface area contributed by atoms with Gasteiger partial charge in [0, 0.05) is 6.42 Å². The maximum atomic E-state index is 11.8. The largest absolute Gasteiger partial charge is 0.274 e. The predicted molar refractivity (Wildman–Crippen MR) is 79.5 cm³/mol. The number of amides is 2. The maximum absolute atomic E-state index is 11.8. The molecule has 0 N–H and O–H groups in total. The van der Waals surface area contributed by atoms with E-state index in [1.807, 2.05) is 0 Å². The molecule has 0 spiro atoms. The van der Waals surface area contributed by atoms with E-state index in [2.05, 4.69) is 6.92 Å². The van der Waals surface area contributed by atoms with E-state index in [-0.39, 0.29) is 11.8 Å². The Labute approximate surface area is 119 Å². The molecule has 0 aromatic carbocycles. The van der Waals surface area contributed by atoms with Crippen LogP contribution in [0.2, 0.25) is 0 Å². The van der Waals surface area contributed by atoms with E-state index in [4.69, 9.17) is 12.2 Å². The van der Waals surface area contributed by atoms with Crippen molar-refractivity contribution in [1.82, 2.24) is 4.90 Å². The van der Waals surface area contributed by atoms with Crippen LogP contribution in [0.3, 0.4) is 0 Å².